The molecule has 188 valence electrons. The van der Waals surface area contributed by atoms with E-state index in [4.69, 9.17) is 27.9 Å². The molecule has 0 aliphatic carbocycles. The zero-order valence-electron chi connectivity index (χ0n) is 21.3. The Balaban J connectivity index is 2.35. The number of nitrogens with one attached hydrogen (secondary N) is 1. The minimum absolute atomic E-state index is 0.0659. The van der Waals surface area contributed by atoms with Gasteiger partial charge in [0.1, 0.15) is 22.9 Å². The standard InChI is InChI=1S/C28H33Cl2FN2O2/c1-16-13-17(11-12-19(16)29)28(15-32)21(14-26(2,3)4)33-24(25(34)35-27(5,6)7)22(28)18-9-8-10-20(30)23(18)31/h8-13,21-22,24,33H,14H2,1-7H3. The highest BCUT2D eigenvalue weighted by atomic mass is 35.5. The summed E-state index contributed by atoms with van der Waals surface area (Å²) in [6.07, 6.45) is 0.556. The van der Waals surface area contributed by atoms with Crippen molar-refractivity contribution in [2.45, 2.75) is 83.9 Å². The molecule has 4 atom stereocenters. The summed E-state index contributed by atoms with van der Waals surface area (Å²) in [6.45, 7) is 13.4. The lowest BCUT2D eigenvalue weighted by molar-refractivity contribution is -0.157. The van der Waals surface area contributed by atoms with Gasteiger partial charge in [0.05, 0.1) is 11.1 Å². The number of carbonyl (C=O) groups excluding carboxylic acids is 1. The summed E-state index contributed by atoms with van der Waals surface area (Å²) >= 11 is 12.5. The minimum Gasteiger partial charge on any atom is -0.459 e. The van der Waals surface area contributed by atoms with Gasteiger partial charge in [-0.05, 0) is 68.4 Å². The molecule has 35 heavy (non-hydrogen) atoms. The van der Waals surface area contributed by atoms with E-state index in [0.29, 0.717) is 17.0 Å². The second-order valence-electron chi connectivity index (χ2n) is 11.6. The van der Waals surface area contributed by atoms with Crippen LogP contribution in [-0.4, -0.2) is 23.7 Å². The van der Waals surface area contributed by atoms with Crippen molar-refractivity contribution >= 4 is 29.2 Å². The molecule has 1 aliphatic heterocycles. The van der Waals surface area contributed by atoms with E-state index in [0.717, 1.165) is 5.56 Å². The van der Waals surface area contributed by atoms with E-state index in [1.165, 1.54) is 6.07 Å². The summed E-state index contributed by atoms with van der Waals surface area (Å²) in [5, 5.41) is 14.8. The topological polar surface area (TPSA) is 62.1 Å². The number of hydrogen-bond acceptors (Lipinski definition) is 4. The molecule has 0 spiro atoms. The fourth-order valence-electron chi connectivity index (χ4n) is 5.01. The molecule has 4 unspecified atom stereocenters. The Labute approximate surface area is 217 Å². The largest absolute Gasteiger partial charge is 0.459 e. The fraction of sp³-hybridized carbons (Fsp3) is 0.500. The number of esters is 1. The normalized spacial score (nSPS) is 24.8. The van der Waals surface area contributed by atoms with Gasteiger partial charge in [-0.15, -0.1) is 0 Å². The third-order valence-corrected chi connectivity index (χ3v) is 7.08. The molecule has 0 amide bonds. The van der Waals surface area contributed by atoms with Gasteiger partial charge in [0.2, 0.25) is 0 Å². The fourth-order valence-corrected chi connectivity index (χ4v) is 5.31. The highest BCUT2D eigenvalue weighted by Gasteiger charge is 2.61. The predicted molar refractivity (Wildman–Crippen MR) is 138 cm³/mol. The van der Waals surface area contributed by atoms with Gasteiger partial charge in [0.15, 0.2) is 0 Å². The van der Waals surface area contributed by atoms with Crippen molar-refractivity contribution in [1.82, 2.24) is 5.32 Å². The van der Waals surface area contributed by atoms with Crippen LogP contribution in [0.4, 0.5) is 4.39 Å². The van der Waals surface area contributed by atoms with Gasteiger partial charge in [-0.3, -0.25) is 10.1 Å². The number of aryl methyl sites for hydroxylation is 1. The van der Waals surface area contributed by atoms with Crippen molar-refractivity contribution in [2.24, 2.45) is 5.41 Å². The van der Waals surface area contributed by atoms with Crippen molar-refractivity contribution in [1.29, 1.82) is 5.26 Å². The first kappa shape index (κ1) is 27.5. The molecule has 1 N–H and O–H groups in total. The van der Waals surface area contributed by atoms with E-state index >= 15 is 4.39 Å². The lowest BCUT2D eigenvalue weighted by Gasteiger charge is -2.37. The van der Waals surface area contributed by atoms with Crippen LogP contribution in [0.15, 0.2) is 36.4 Å². The van der Waals surface area contributed by atoms with Gasteiger partial charge in [0.25, 0.3) is 0 Å². The molecule has 7 heteroatoms. The molecular weight excluding hydrogens is 486 g/mol. The van der Waals surface area contributed by atoms with Crippen LogP contribution in [0.25, 0.3) is 0 Å². The van der Waals surface area contributed by atoms with E-state index in [2.05, 4.69) is 32.2 Å². The quantitative estimate of drug-likeness (QED) is 0.438. The maximum atomic E-state index is 15.6. The van der Waals surface area contributed by atoms with Crippen molar-refractivity contribution in [2.75, 3.05) is 0 Å². The first-order valence-electron chi connectivity index (χ1n) is 11.7. The molecule has 2 aromatic rings. The third kappa shape index (κ3) is 5.50. The van der Waals surface area contributed by atoms with Gasteiger partial charge >= 0.3 is 5.97 Å². The van der Waals surface area contributed by atoms with Gasteiger partial charge < -0.3 is 4.74 Å². The molecule has 1 aliphatic rings. The van der Waals surface area contributed by atoms with Gasteiger partial charge in [0, 0.05) is 17.0 Å². The molecule has 4 nitrogen and oxygen atoms in total. The SMILES string of the molecule is Cc1cc(C2(C#N)C(CC(C)(C)C)NC(C(=O)OC(C)(C)C)C2c2cccc(Cl)c2F)ccc1Cl. The van der Waals surface area contributed by atoms with Gasteiger partial charge in [-0.2, -0.15) is 5.26 Å². The number of hydrogen-bond donors (Lipinski definition) is 1. The summed E-state index contributed by atoms with van der Waals surface area (Å²) in [7, 11) is 0. The zero-order chi connectivity index (χ0) is 26.3. The van der Waals surface area contributed by atoms with Crippen LogP contribution in [0.1, 0.15) is 70.6 Å². The summed E-state index contributed by atoms with van der Waals surface area (Å²) < 4.78 is 21.3. The molecule has 3 rings (SSSR count). The van der Waals surface area contributed by atoms with E-state index in [9.17, 15) is 10.1 Å². The molecule has 0 bridgehead atoms. The Hall–Kier alpha value is -2.13. The summed E-state index contributed by atoms with van der Waals surface area (Å²) in [5.74, 6) is -2.08. The number of nitrogens with zero attached hydrogens (tertiary/aromatic N) is 1. The summed E-state index contributed by atoms with van der Waals surface area (Å²) in [5.41, 5.74) is -0.591. The molecule has 0 saturated carbocycles. The average molecular weight is 519 g/mol. The van der Waals surface area contributed by atoms with E-state index in [1.807, 2.05) is 13.0 Å². The average Bonchev–Trinajstić information content (AvgIpc) is 3.04. The number of rotatable bonds is 4. The number of ether oxygens (including phenoxy) is 1. The van der Waals surface area contributed by atoms with Crippen molar-refractivity contribution < 1.29 is 13.9 Å². The highest BCUT2D eigenvalue weighted by molar-refractivity contribution is 6.31. The number of nitriles is 1. The Morgan fingerprint density at radius 3 is 2.34 bits per heavy atom. The Bertz CT molecular complexity index is 1160. The van der Waals surface area contributed by atoms with Crippen molar-refractivity contribution in [3.63, 3.8) is 0 Å². The van der Waals surface area contributed by atoms with E-state index in [-0.39, 0.29) is 16.0 Å². The maximum absolute atomic E-state index is 15.6. The lowest BCUT2D eigenvalue weighted by Crippen LogP contribution is -2.44. The van der Waals surface area contributed by atoms with E-state index < -0.39 is 40.8 Å². The first-order valence-corrected chi connectivity index (χ1v) is 12.5. The van der Waals surface area contributed by atoms with Crippen LogP contribution in [0.2, 0.25) is 10.0 Å². The van der Waals surface area contributed by atoms with Crippen LogP contribution in [0, 0.1) is 29.5 Å². The van der Waals surface area contributed by atoms with Crippen LogP contribution in [-0.2, 0) is 14.9 Å². The van der Waals surface area contributed by atoms with Crippen LogP contribution in [0.5, 0.6) is 0 Å². The monoisotopic (exact) mass is 518 g/mol. The summed E-state index contributed by atoms with van der Waals surface area (Å²) in [4.78, 5) is 13.5. The first-order chi connectivity index (χ1) is 16.1. The lowest BCUT2D eigenvalue weighted by atomic mass is 9.62. The Kier molecular flexibility index (Phi) is 7.63. The Morgan fingerprint density at radius 2 is 1.80 bits per heavy atom. The van der Waals surface area contributed by atoms with E-state index in [1.54, 1.807) is 45.0 Å². The maximum Gasteiger partial charge on any atom is 0.324 e. The molecule has 1 saturated heterocycles. The minimum atomic E-state index is -1.30. The third-order valence-electron chi connectivity index (χ3n) is 6.37. The molecule has 0 aromatic heterocycles. The second-order valence-corrected chi connectivity index (χ2v) is 12.4. The number of halogens is 3. The van der Waals surface area contributed by atoms with Crippen LogP contribution < -0.4 is 5.32 Å². The molecule has 1 fully saturated rings. The molecule has 1 heterocycles. The predicted octanol–water partition coefficient (Wildman–Crippen LogP) is 7.10. The Morgan fingerprint density at radius 1 is 1.14 bits per heavy atom. The molecular formula is C28H33Cl2FN2O2. The van der Waals surface area contributed by atoms with Gasteiger partial charge in [-0.25, -0.2) is 4.39 Å². The van der Waals surface area contributed by atoms with Crippen LogP contribution >= 0.6 is 23.2 Å². The van der Waals surface area contributed by atoms with Crippen LogP contribution in [0.3, 0.4) is 0 Å². The molecule has 0 radical (unpaired) electrons. The highest BCUT2D eigenvalue weighted by Crippen LogP contribution is 2.52. The zero-order valence-corrected chi connectivity index (χ0v) is 22.8. The summed E-state index contributed by atoms with van der Waals surface area (Å²) in [6, 6.07) is 11.2. The smallest absolute Gasteiger partial charge is 0.324 e. The van der Waals surface area contributed by atoms with Gasteiger partial charge in [-0.1, -0.05) is 68.2 Å². The van der Waals surface area contributed by atoms with Crippen molar-refractivity contribution in [3.8, 4) is 6.07 Å². The number of benzene rings is 2. The number of carbonyl (C=O) groups is 1. The van der Waals surface area contributed by atoms with Crippen molar-refractivity contribution in [3.05, 3.63) is 69.0 Å². The molecule has 2 aromatic carbocycles. The second kappa shape index (κ2) is 9.73.